The van der Waals surface area contributed by atoms with E-state index in [1.807, 2.05) is 34.8 Å². The van der Waals surface area contributed by atoms with E-state index in [4.69, 9.17) is 0 Å². The predicted molar refractivity (Wildman–Crippen MR) is 97.0 cm³/mol. The zero-order valence-electron chi connectivity index (χ0n) is 12.8. The van der Waals surface area contributed by atoms with E-state index in [0.717, 1.165) is 42.8 Å². The van der Waals surface area contributed by atoms with Crippen LogP contribution < -0.4 is 10.2 Å². The zero-order chi connectivity index (χ0) is 14.2. The van der Waals surface area contributed by atoms with Gasteiger partial charge >= 0.3 is 0 Å². The van der Waals surface area contributed by atoms with Crippen molar-refractivity contribution in [3.05, 3.63) is 36.9 Å². The van der Waals surface area contributed by atoms with Gasteiger partial charge in [-0.1, -0.05) is 6.07 Å². The first-order valence-corrected chi connectivity index (χ1v) is 7.23. The summed E-state index contributed by atoms with van der Waals surface area (Å²) in [7, 11) is 1.93. The molecular weight excluding hydrogens is 335 g/mol. The van der Waals surface area contributed by atoms with Crippen molar-refractivity contribution in [1.29, 1.82) is 0 Å². The molecule has 0 amide bonds. The van der Waals surface area contributed by atoms with E-state index in [-0.39, 0.29) is 24.8 Å². The Morgan fingerprint density at radius 3 is 2.43 bits per heavy atom. The van der Waals surface area contributed by atoms with Crippen LogP contribution in [0.3, 0.4) is 0 Å². The summed E-state index contributed by atoms with van der Waals surface area (Å²) in [4.78, 5) is 2.39. The number of hydrogen-bond acceptors (Lipinski definition) is 4. The summed E-state index contributed by atoms with van der Waals surface area (Å²) in [5.74, 6) is 0. The largest absolute Gasteiger partial charge is 0.366 e. The number of aryl methyl sites for hydroxylation is 1. The molecule has 8 heteroatoms. The van der Waals surface area contributed by atoms with Crippen molar-refractivity contribution in [2.45, 2.75) is 0 Å². The van der Waals surface area contributed by atoms with Crippen molar-refractivity contribution in [1.82, 2.24) is 24.7 Å². The second-order valence-electron chi connectivity index (χ2n) is 5.42. The fraction of sp³-hybridized carbons (Fsp3) is 0.333. The topological polar surface area (TPSA) is 50.4 Å². The molecule has 1 aliphatic heterocycles. The van der Waals surface area contributed by atoms with Gasteiger partial charge in [0.25, 0.3) is 0 Å². The molecule has 4 rings (SSSR count). The number of fused-ring (bicyclic) bond motifs is 1. The highest BCUT2D eigenvalue weighted by Crippen LogP contribution is 2.25. The van der Waals surface area contributed by atoms with Crippen LogP contribution in [0.1, 0.15) is 0 Å². The second-order valence-corrected chi connectivity index (χ2v) is 5.42. The molecule has 0 bridgehead atoms. The minimum absolute atomic E-state index is 0. The normalized spacial score (nSPS) is 14.4. The molecule has 23 heavy (non-hydrogen) atoms. The molecule has 0 radical (unpaired) electrons. The van der Waals surface area contributed by atoms with E-state index in [1.165, 1.54) is 5.69 Å². The number of hydrogen-bond donors (Lipinski definition) is 1. The molecular formula is C15H20Cl2N6. The molecule has 3 aromatic rings. The Morgan fingerprint density at radius 1 is 0.957 bits per heavy atom. The average molecular weight is 355 g/mol. The highest BCUT2D eigenvalue weighted by atomic mass is 35.5. The molecule has 6 nitrogen and oxygen atoms in total. The monoisotopic (exact) mass is 354 g/mol. The maximum absolute atomic E-state index is 4.51. The van der Waals surface area contributed by atoms with Crippen molar-refractivity contribution in [2.24, 2.45) is 7.05 Å². The smallest absolute Gasteiger partial charge is 0.0896 e. The molecule has 0 aromatic carbocycles. The Labute approximate surface area is 147 Å². The maximum Gasteiger partial charge on any atom is 0.0896 e. The second kappa shape index (κ2) is 7.21. The number of rotatable bonds is 2. The molecule has 0 aliphatic carbocycles. The molecule has 4 heterocycles. The van der Waals surface area contributed by atoms with Gasteiger partial charge < -0.3 is 10.2 Å². The summed E-state index contributed by atoms with van der Waals surface area (Å²) in [5, 5.41) is 12.1. The van der Waals surface area contributed by atoms with Crippen molar-refractivity contribution < 1.29 is 0 Å². The quantitative estimate of drug-likeness (QED) is 0.764. The van der Waals surface area contributed by atoms with E-state index in [9.17, 15) is 0 Å². The van der Waals surface area contributed by atoms with E-state index in [2.05, 4.69) is 38.7 Å². The molecule has 1 saturated heterocycles. The number of aromatic nitrogens is 4. The first-order chi connectivity index (χ1) is 10.3. The summed E-state index contributed by atoms with van der Waals surface area (Å²) in [6.45, 7) is 4.13. The summed E-state index contributed by atoms with van der Waals surface area (Å²) in [6.07, 6.45) is 7.93. The highest BCUT2D eigenvalue weighted by molar-refractivity contribution is 5.85. The van der Waals surface area contributed by atoms with Crippen molar-refractivity contribution in [3.63, 3.8) is 0 Å². The lowest BCUT2D eigenvalue weighted by Gasteiger charge is -2.28. The molecule has 1 fully saturated rings. The standard InChI is InChI=1S/C15H18N6.2ClH/c1-19-10-13(8-17-19)12-2-3-14-15(9-18-21(14)11-12)20-6-4-16-5-7-20;;/h2-3,8-11,16H,4-7H2,1H3;2*1H. The van der Waals surface area contributed by atoms with Crippen LogP contribution in [0, 0.1) is 0 Å². The van der Waals surface area contributed by atoms with Crippen LogP contribution in [0.4, 0.5) is 5.69 Å². The summed E-state index contributed by atoms with van der Waals surface area (Å²) in [6, 6.07) is 4.28. The van der Waals surface area contributed by atoms with Crippen LogP contribution >= 0.6 is 24.8 Å². The van der Waals surface area contributed by atoms with Crippen LogP contribution in [0.2, 0.25) is 0 Å². The Hall–Kier alpha value is -1.76. The fourth-order valence-corrected chi connectivity index (χ4v) is 2.86. The lowest BCUT2D eigenvalue weighted by atomic mass is 10.1. The summed E-state index contributed by atoms with van der Waals surface area (Å²) < 4.78 is 3.77. The number of nitrogens with one attached hydrogen (secondary N) is 1. The minimum atomic E-state index is 0. The van der Waals surface area contributed by atoms with Crippen LogP contribution in [0.25, 0.3) is 16.6 Å². The number of anilines is 1. The van der Waals surface area contributed by atoms with E-state index >= 15 is 0 Å². The SMILES string of the molecule is Cl.Cl.Cn1cc(-c2ccc3c(N4CCNCC4)cnn3c2)cn1. The van der Waals surface area contributed by atoms with Gasteiger partial charge in [0.15, 0.2) is 0 Å². The molecule has 124 valence electrons. The number of piperazine rings is 1. The van der Waals surface area contributed by atoms with Gasteiger partial charge in [0.1, 0.15) is 0 Å². The van der Waals surface area contributed by atoms with E-state index in [1.54, 1.807) is 0 Å². The maximum atomic E-state index is 4.51. The van der Waals surface area contributed by atoms with E-state index < -0.39 is 0 Å². The van der Waals surface area contributed by atoms with Crippen LogP contribution in [0.15, 0.2) is 36.9 Å². The van der Waals surface area contributed by atoms with Crippen molar-refractivity contribution in [2.75, 3.05) is 31.1 Å². The fourth-order valence-electron chi connectivity index (χ4n) is 2.86. The minimum Gasteiger partial charge on any atom is -0.366 e. The first-order valence-electron chi connectivity index (χ1n) is 7.23. The van der Waals surface area contributed by atoms with Gasteiger partial charge in [0.05, 0.1) is 23.6 Å². The Kier molecular flexibility index (Phi) is 5.51. The Bertz CT molecular complexity index is 775. The highest BCUT2D eigenvalue weighted by Gasteiger charge is 2.15. The Balaban J connectivity index is 0.000000960. The lowest BCUT2D eigenvalue weighted by Crippen LogP contribution is -2.43. The van der Waals surface area contributed by atoms with E-state index in [0.29, 0.717) is 0 Å². The third kappa shape index (κ3) is 3.29. The Morgan fingerprint density at radius 2 is 1.74 bits per heavy atom. The molecule has 0 unspecified atom stereocenters. The average Bonchev–Trinajstić information content (AvgIpc) is 3.13. The van der Waals surface area contributed by atoms with Gasteiger partial charge in [0, 0.05) is 56.7 Å². The number of pyridine rings is 1. The predicted octanol–water partition coefficient (Wildman–Crippen LogP) is 1.99. The summed E-state index contributed by atoms with van der Waals surface area (Å²) >= 11 is 0. The van der Waals surface area contributed by atoms with Gasteiger partial charge in [-0.05, 0) is 6.07 Å². The van der Waals surface area contributed by atoms with Gasteiger partial charge in [-0.15, -0.1) is 24.8 Å². The lowest BCUT2D eigenvalue weighted by molar-refractivity contribution is 0.590. The summed E-state index contributed by atoms with van der Waals surface area (Å²) in [5.41, 5.74) is 4.61. The number of halogens is 2. The molecule has 0 spiro atoms. The van der Waals surface area contributed by atoms with Crippen LogP contribution in [-0.2, 0) is 7.05 Å². The van der Waals surface area contributed by atoms with Crippen LogP contribution in [-0.4, -0.2) is 45.6 Å². The molecule has 3 aromatic heterocycles. The number of nitrogens with zero attached hydrogens (tertiary/aromatic N) is 5. The third-order valence-electron chi connectivity index (χ3n) is 3.99. The van der Waals surface area contributed by atoms with Gasteiger partial charge in [-0.25, -0.2) is 4.52 Å². The van der Waals surface area contributed by atoms with Crippen molar-refractivity contribution in [3.8, 4) is 11.1 Å². The molecule has 1 N–H and O–H groups in total. The van der Waals surface area contributed by atoms with Crippen LogP contribution in [0.5, 0.6) is 0 Å². The molecule has 1 aliphatic rings. The van der Waals surface area contributed by atoms with Gasteiger partial charge in [-0.3, -0.25) is 4.68 Å². The molecule has 0 saturated carbocycles. The van der Waals surface area contributed by atoms with Gasteiger partial charge in [-0.2, -0.15) is 10.2 Å². The zero-order valence-corrected chi connectivity index (χ0v) is 14.5. The van der Waals surface area contributed by atoms with Crippen molar-refractivity contribution >= 4 is 36.0 Å². The molecule has 0 atom stereocenters. The third-order valence-corrected chi connectivity index (χ3v) is 3.99. The first kappa shape index (κ1) is 17.6. The van der Waals surface area contributed by atoms with Gasteiger partial charge in [0.2, 0.25) is 0 Å².